The second-order valence-electron chi connectivity index (χ2n) is 15.7. The lowest BCUT2D eigenvalue weighted by Crippen LogP contribution is -2.52. The Morgan fingerprint density at radius 2 is 1.61 bits per heavy atom. The average Bonchev–Trinajstić information content (AvgIpc) is 2.96. The maximum Gasteiger partial charge on any atom is 0.330 e. The van der Waals surface area contributed by atoms with Crippen LogP contribution in [-0.2, 0) is 15.4 Å². The largest absolute Gasteiger partial charge is 0.414 e. The van der Waals surface area contributed by atoms with Crippen molar-refractivity contribution in [3.05, 3.63) is 41.0 Å². The molecule has 8 nitrogen and oxygen atoms in total. The first-order chi connectivity index (χ1) is 21.5. The summed E-state index contributed by atoms with van der Waals surface area (Å²) in [5.74, 6) is 1.21. The number of hydrogen-bond acceptors (Lipinski definition) is 6. The van der Waals surface area contributed by atoms with Crippen molar-refractivity contribution in [3.8, 4) is 0 Å². The Hall–Kier alpha value is -1.99. The fraction of sp³-hybridized carbons (Fsp3) is 0.686. The Labute approximate surface area is 285 Å². The molecular formula is C35H58ClN5O3Si2. The second kappa shape index (κ2) is 14.6. The molecule has 46 heavy (non-hydrogen) atoms. The molecule has 1 saturated carbocycles. The Morgan fingerprint density at radius 1 is 1.00 bits per heavy atom. The zero-order valence-corrected chi connectivity index (χ0v) is 32.9. The first-order valence-corrected chi connectivity index (χ1v) is 22.7. The van der Waals surface area contributed by atoms with Crippen LogP contribution in [0.3, 0.4) is 0 Å². The van der Waals surface area contributed by atoms with Gasteiger partial charge in [0.25, 0.3) is 0 Å². The third kappa shape index (κ3) is 7.83. The Balaban J connectivity index is 1.54. The number of carbonyl (C=O) groups excluding carboxylic acids is 1. The highest BCUT2D eigenvalue weighted by molar-refractivity contribution is 6.77. The van der Waals surface area contributed by atoms with Crippen LogP contribution in [0.1, 0.15) is 93.6 Å². The predicted molar refractivity (Wildman–Crippen MR) is 197 cm³/mol. The molecule has 1 N–H and O–H groups in total. The van der Waals surface area contributed by atoms with Crippen LogP contribution in [-0.4, -0.2) is 57.9 Å². The predicted octanol–water partition coefficient (Wildman–Crippen LogP) is 10.0. The molecule has 2 aliphatic rings. The topological polar surface area (TPSA) is 79.8 Å². The average molecular weight is 689 g/mol. The van der Waals surface area contributed by atoms with Gasteiger partial charge in [-0.1, -0.05) is 86.0 Å². The number of fused-ring (bicyclic) bond motifs is 1. The fourth-order valence-electron chi connectivity index (χ4n) is 7.26. The normalized spacial score (nSPS) is 19.8. The summed E-state index contributed by atoms with van der Waals surface area (Å²) < 4.78 is 13.6. The van der Waals surface area contributed by atoms with Gasteiger partial charge in [-0.05, 0) is 72.6 Å². The lowest BCUT2D eigenvalue weighted by atomic mass is 9.93. The minimum absolute atomic E-state index is 0.150. The van der Waals surface area contributed by atoms with E-state index in [9.17, 15) is 4.79 Å². The van der Waals surface area contributed by atoms with Crippen molar-refractivity contribution in [2.24, 2.45) is 0 Å². The number of anilines is 3. The van der Waals surface area contributed by atoms with Crippen LogP contribution in [0.4, 0.5) is 22.2 Å². The molecule has 1 aliphatic carbocycles. The number of rotatable bonds is 12. The van der Waals surface area contributed by atoms with Gasteiger partial charge in [0.15, 0.2) is 16.6 Å². The molecule has 0 bridgehead atoms. The van der Waals surface area contributed by atoms with Crippen molar-refractivity contribution in [2.45, 2.75) is 141 Å². The van der Waals surface area contributed by atoms with E-state index in [1.54, 1.807) is 9.80 Å². The number of benzene rings is 1. The van der Waals surface area contributed by atoms with E-state index < -0.39 is 16.6 Å². The zero-order chi connectivity index (χ0) is 34.0. The van der Waals surface area contributed by atoms with Gasteiger partial charge < -0.3 is 14.2 Å². The molecule has 2 amide bonds. The van der Waals surface area contributed by atoms with E-state index in [0.717, 1.165) is 31.2 Å². The summed E-state index contributed by atoms with van der Waals surface area (Å²) >= 11 is 6.59. The lowest BCUT2D eigenvalue weighted by molar-refractivity contribution is 0.133. The smallest absolute Gasteiger partial charge is 0.330 e. The fourth-order valence-corrected chi connectivity index (χ4v) is 14.4. The molecular weight excluding hydrogens is 630 g/mol. The Bertz CT molecular complexity index is 1320. The number of nitrogens with one attached hydrogen (secondary N) is 1. The number of nitrogens with zero attached hydrogens (tertiary/aromatic N) is 4. The van der Waals surface area contributed by atoms with Gasteiger partial charge in [0.05, 0.1) is 30.4 Å². The van der Waals surface area contributed by atoms with Gasteiger partial charge in [-0.3, -0.25) is 9.80 Å². The monoisotopic (exact) mass is 687 g/mol. The van der Waals surface area contributed by atoms with Crippen molar-refractivity contribution < 1.29 is 13.6 Å². The molecule has 1 fully saturated rings. The minimum atomic E-state index is -2.11. The summed E-state index contributed by atoms with van der Waals surface area (Å²) in [4.78, 5) is 27.4. The van der Waals surface area contributed by atoms with Crippen LogP contribution in [0.15, 0.2) is 30.5 Å². The molecule has 1 aromatic carbocycles. The summed E-state index contributed by atoms with van der Waals surface area (Å²) in [7, 11) is -3.91. The van der Waals surface area contributed by atoms with Crippen LogP contribution in [0.25, 0.3) is 0 Å². The van der Waals surface area contributed by atoms with Crippen molar-refractivity contribution in [1.29, 1.82) is 0 Å². The van der Waals surface area contributed by atoms with Crippen molar-refractivity contribution in [2.75, 3.05) is 28.3 Å². The van der Waals surface area contributed by atoms with Crippen LogP contribution in [0, 0.1) is 0 Å². The van der Waals surface area contributed by atoms with E-state index in [1.165, 1.54) is 0 Å². The molecule has 0 unspecified atom stereocenters. The minimum Gasteiger partial charge on any atom is -0.414 e. The summed E-state index contributed by atoms with van der Waals surface area (Å²) in [6.45, 7) is 26.5. The third-order valence-electron chi connectivity index (χ3n) is 10.7. The molecule has 1 aromatic heterocycles. The van der Waals surface area contributed by atoms with Gasteiger partial charge in [0, 0.05) is 23.9 Å². The summed E-state index contributed by atoms with van der Waals surface area (Å²) in [5.41, 5.74) is 2.93. The van der Waals surface area contributed by atoms with Crippen LogP contribution in [0.5, 0.6) is 0 Å². The Morgan fingerprint density at radius 3 is 2.17 bits per heavy atom. The van der Waals surface area contributed by atoms with E-state index in [0.29, 0.717) is 64.9 Å². The van der Waals surface area contributed by atoms with Gasteiger partial charge >= 0.3 is 6.03 Å². The van der Waals surface area contributed by atoms with E-state index in [1.807, 2.05) is 30.5 Å². The molecule has 2 aromatic rings. The molecule has 4 rings (SSSR count). The van der Waals surface area contributed by atoms with E-state index in [-0.39, 0.29) is 17.1 Å². The molecule has 1 aliphatic heterocycles. The van der Waals surface area contributed by atoms with Crippen LogP contribution in [0.2, 0.25) is 39.8 Å². The number of carbonyl (C=O) groups is 1. The maximum absolute atomic E-state index is 14.2. The molecule has 0 radical (unpaired) electrons. The Kier molecular flexibility index (Phi) is 11.7. The first kappa shape index (κ1) is 36.8. The van der Waals surface area contributed by atoms with E-state index in [4.69, 9.17) is 30.4 Å². The molecule has 0 saturated heterocycles. The molecule has 256 valence electrons. The van der Waals surface area contributed by atoms with Gasteiger partial charge in [0.2, 0.25) is 5.95 Å². The number of amides is 2. The van der Waals surface area contributed by atoms with E-state index >= 15 is 0 Å². The summed E-state index contributed by atoms with van der Waals surface area (Å²) in [6, 6.07) is 7.60. The van der Waals surface area contributed by atoms with Crippen LogP contribution >= 0.6 is 11.6 Å². The highest BCUT2D eigenvalue weighted by Crippen LogP contribution is 2.43. The SMILES string of the molecule is CC(C)[Si](OCCN1C(=O)N(c2ccccc2Cl)Cc2cnc(NC3CCC(O[Si](C)(C)C(C)(C)C)CC3)nc21)(C(C)C)C(C)C. The van der Waals surface area contributed by atoms with Gasteiger partial charge in [0.1, 0.15) is 5.82 Å². The quantitative estimate of drug-likeness (QED) is 0.224. The highest BCUT2D eigenvalue weighted by atomic mass is 35.5. The maximum atomic E-state index is 14.2. The number of para-hydroxylation sites is 1. The summed E-state index contributed by atoms with van der Waals surface area (Å²) in [6.07, 6.45) is 6.22. The number of urea groups is 1. The standard InChI is InChI=1S/C35H58ClN5O3Si2/c1-24(2)46(25(3)4,26(5)6)43-21-20-40-32-27(23-41(34(40)42)31-15-13-12-14-30(31)36)22-37-33(39-32)38-28-16-18-29(19-17-28)44-45(10,11)35(7,8)9/h12-15,22,24-26,28-29H,16-21,23H2,1-11H3,(H,37,38,39). The van der Waals surface area contributed by atoms with Gasteiger partial charge in [-0.2, -0.15) is 4.98 Å². The molecule has 0 atom stereocenters. The highest BCUT2D eigenvalue weighted by Gasteiger charge is 2.45. The number of halogens is 1. The van der Waals surface area contributed by atoms with Gasteiger partial charge in [-0.15, -0.1) is 0 Å². The van der Waals surface area contributed by atoms with Crippen molar-refractivity contribution in [3.63, 3.8) is 0 Å². The van der Waals surface area contributed by atoms with Crippen molar-refractivity contribution in [1.82, 2.24) is 9.97 Å². The second-order valence-corrected chi connectivity index (χ2v) is 26.3. The third-order valence-corrected chi connectivity index (χ3v) is 21.7. The lowest BCUT2D eigenvalue weighted by Gasteiger charge is -2.43. The van der Waals surface area contributed by atoms with Gasteiger partial charge in [-0.25, -0.2) is 9.78 Å². The van der Waals surface area contributed by atoms with E-state index in [2.05, 4.69) is 80.7 Å². The molecule has 0 spiro atoms. The van der Waals surface area contributed by atoms with Crippen LogP contribution < -0.4 is 15.1 Å². The first-order valence-electron chi connectivity index (χ1n) is 17.3. The zero-order valence-electron chi connectivity index (χ0n) is 30.1. The number of aromatic nitrogens is 2. The molecule has 11 heteroatoms. The molecule has 2 heterocycles. The number of hydrogen-bond donors (Lipinski definition) is 1. The van der Waals surface area contributed by atoms with Crippen molar-refractivity contribution >= 4 is 51.7 Å². The summed E-state index contributed by atoms with van der Waals surface area (Å²) in [5, 5.41) is 4.33.